The zero-order valence-corrected chi connectivity index (χ0v) is 12.5. The number of aryl methyl sites for hydroxylation is 3. The molecular formula is C17H23N3. The molecule has 3 heteroatoms. The third-order valence-electron chi connectivity index (χ3n) is 3.71. The van der Waals surface area contributed by atoms with Crippen LogP contribution < -0.4 is 11.3 Å². The lowest BCUT2D eigenvalue weighted by molar-refractivity contribution is 0.515. The highest BCUT2D eigenvalue weighted by Gasteiger charge is 2.13. The zero-order valence-electron chi connectivity index (χ0n) is 12.5. The van der Waals surface area contributed by atoms with Crippen LogP contribution in [0.4, 0.5) is 0 Å². The van der Waals surface area contributed by atoms with E-state index in [0.717, 1.165) is 18.5 Å². The SMILES string of the molecule is Cc1cc(C)c(CC(Cc2ccccn2)NN)c(C)c1. The normalized spacial score (nSPS) is 12.4. The predicted molar refractivity (Wildman–Crippen MR) is 83.4 cm³/mol. The van der Waals surface area contributed by atoms with Crippen LogP contribution in [-0.2, 0) is 12.8 Å². The first-order chi connectivity index (χ1) is 9.60. The molecule has 1 aromatic heterocycles. The highest BCUT2D eigenvalue weighted by molar-refractivity contribution is 5.38. The lowest BCUT2D eigenvalue weighted by Gasteiger charge is -2.19. The highest BCUT2D eigenvalue weighted by Crippen LogP contribution is 2.19. The number of pyridine rings is 1. The molecule has 0 aliphatic rings. The standard InChI is InChI=1S/C17H23N3/c1-12-8-13(2)17(14(3)9-12)11-16(20-18)10-15-6-4-5-7-19-15/h4-9,16,20H,10-11,18H2,1-3H3. The molecule has 1 unspecified atom stereocenters. The molecule has 2 rings (SSSR count). The van der Waals surface area contributed by atoms with Crippen molar-refractivity contribution in [3.8, 4) is 0 Å². The molecule has 0 radical (unpaired) electrons. The van der Waals surface area contributed by atoms with Crippen LogP contribution in [0, 0.1) is 20.8 Å². The monoisotopic (exact) mass is 269 g/mol. The number of nitrogens with zero attached hydrogens (tertiary/aromatic N) is 1. The van der Waals surface area contributed by atoms with Crippen molar-refractivity contribution >= 4 is 0 Å². The van der Waals surface area contributed by atoms with E-state index in [-0.39, 0.29) is 6.04 Å². The first-order valence-electron chi connectivity index (χ1n) is 7.03. The van der Waals surface area contributed by atoms with Crippen LogP contribution in [0.25, 0.3) is 0 Å². The minimum absolute atomic E-state index is 0.199. The van der Waals surface area contributed by atoms with E-state index < -0.39 is 0 Å². The van der Waals surface area contributed by atoms with Crippen molar-refractivity contribution in [1.82, 2.24) is 10.4 Å². The van der Waals surface area contributed by atoms with Crippen molar-refractivity contribution in [2.75, 3.05) is 0 Å². The molecule has 2 aromatic rings. The Kier molecular flexibility index (Phi) is 4.88. The summed E-state index contributed by atoms with van der Waals surface area (Å²) in [5.41, 5.74) is 9.36. The van der Waals surface area contributed by atoms with Gasteiger partial charge in [-0.2, -0.15) is 0 Å². The summed E-state index contributed by atoms with van der Waals surface area (Å²) in [6.07, 6.45) is 3.58. The van der Waals surface area contributed by atoms with Crippen LogP contribution in [0.5, 0.6) is 0 Å². The minimum Gasteiger partial charge on any atom is -0.271 e. The number of benzene rings is 1. The van der Waals surface area contributed by atoms with Crippen LogP contribution in [0.15, 0.2) is 36.5 Å². The fourth-order valence-corrected chi connectivity index (χ4v) is 2.74. The first kappa shape index (κ1) is 14.7. The Morgan fingerprint density at radius 1 is 1.10 bits per heavy atom. The van der Waals surface area contributed by atoms with E-state index in [0.29, 0.717) is 0 Å². The van der Waals surface area contributed by atoms with Gasteiger partial charge in [0.05, 0.1) is 0 Å². The highest BCUT2D eigenvalue weighted by atomic mass is 15.2. The molecule has 0 saturated carbocycles. The molecule has 20 heavy (non-hydrogen) atoms. The molecule has 3 N–H and O–H groups in total. The first-order valence-corrected chi connectivity index (χ1v) is 7.03. The van der Waals surface area contributed by atoms with Crippen molar-refractivity contribution in [3.63, 3.8) is 0 Å². The second-order valence-corrected chi connectivity index (χ2v) is 5.47. The summed E-state index contributed by atoms with van der Waals surface area (Å²) < 4.78 is 0. The average Bonchev–Trinajstić information content (AvgIpc) is 2.42. The molecule has 106 valence electrons. The van der Waals surface area contributed by atoms with Crippen molar-refractivity contribution in [2.45, 2.75) is 39.7 Å². The predicted octanol–water partition coefficient (Wildman–Crippen LogP) is 2.62. The maximum Gasteiger partial charge on any atom is 0.0419 e. The van der Waals surface area contributed by atoms with Crippen molar-refractivity contribution in [1.29, 1.82) is 0 Å². The summed E-state index contributed by atoms with van der Waals surface area (Å²) in [4.78, 5) is 4.37. The largest absolute Gasteiger partial charge is 0.271 e. The lowest BCUT2D eigenvalue weighted by Crippen LogP contribution is -2.39. The van der Waals surface area contributed by atoms with Gasteiger partial charge >= 0.3 is 0 Å². The molecule has 0 aliphatic carbocycles. The molecule has 0 fully saturated rings. The van der Waals surface area contributed by atoms with Crippen molar-refractivity contribution < 1.29 is 0 Å². The van der Waals surface area contributed by atoms with Crippen LogP contribution in [0.1, 0.15) is 27.9 Å². The Morgan fingerprint density at radius 2 is 1.80 bits per heavy atom. The summed E-state index contributed by atoms with van der Waals surface area (Å²) in [6, 6.07) is 10.7. The number of hydrogen-bond acceptors (Lipinski definition) is 3. The topological polar surface area (TPSA) is 50.9 Å². The fourth-order valence-electron chi connectivity index (χ4n) is 2.74. The summed E-state index contributed by atoms with van der Waals surface area (Å²) >= 11 is 0. The molecule has 0 bridgehead atoms. The molecule has 0 aliphatic heterocycles. The maximum absolute atomic E-state index is 5.72. The van der Waals surface area contributed by atoms with Gasteiger partial charge in [0.1, 0.15) is 0 Å². The second kappa shape index (κ2) is 6.64. The van der Waals surface area contributed by atoms with E-state index in [1.807, 2.05) is 24.4 Å². The van der Waals surface area contributed by atoms with Crippen LogP contribution >= 0.6 is 0 Å². The van der Waals surface area contributed by atoms with Gasteiger partial charge in [0.2, 0.25) is 0 Å². The Hall–Kier alpha value is -1.71. The average molecular weight is 269 g/mol. The van der Waals surface area contributed by atoms with Gasteiger partial charge in [-0.25, -0.2) is 0 Å². The molecule has 1 aromatic carbocycles. The van der Waals surface area contributed by atoms with E-state index in [1.54, 1.807) is 0 Å². The zero-order chi connectivity index (χ0) is 14.5. The van der Waals surface area contributed by atoms with Crippen LogP contribution in [0.3, 0.4) is 0 Å². The van der Waals surface area contributed by atoms with Crippen molar-refractivity contribution in [3.05, 3.63) is 64.5 Å². The van der Waals surface area contributed by atoms with E-state index in [9.17, 15) is 0 Å². The number of hydrogen-bond donors (Lipinski definition) is 2. The molecule has 0 spiro atoms. The quantitative estimate of drug-likeness (QED) is 0.648. The number of hydrazine groups is 1. The summed E-state index contributed by atoms with van der Waals surface area (Å²) in [5, 5.41) is 0. The molecule has 3 nitrogen and oxygen atoms in total. The molecule has 0 saturated heterocycles. The third kappa shape index (κ3) is 3.65. The van der Waals surface area contributed by atoms with E-state index in [4.69, 9.17) is 5.84 Å². The molecule has 0 amide bonds. The third-order valence-corrected chi connectivity index (χ3v) is 3.71. The van der Waals surface area contributed by atoms with Crippen LogP contribution in [-0.4, -0.2) is 11.0 Å². The number of nitrogens with two attached hydrogens (primary N) is 1. The fraction of sp³-hybridized carbons (Fsp3) is 0.353. The second-order valence-electron chi connectivity index (χ2n) is 5.47. The number of nitrogens with one attached hydrogen (secondary N) is 1. The molecule has 1 heterocycles. The van der Waals surface area contributed by atoms with Gasteiger partial charge in [0, 0.05) is 24.4 Å². The van der Waals surface area contributed by atoms with Crippen LogP contribution in [0.2, 0.25) is 0 Å². The van der Waals surface area contributed by atoms with E-state index >= 15 is 0 Å². The minimum atomic E-state index is 0.199. The number of aromatic nitrogens is 1. The van der Waals surface area contributed by atoms with Gasteiger partial charge in [0.15, 0.2) is 0 Å². The van der Waals surface area contributed by atoms with Crippen molar-refractivity contribution in [2.24, 2.45) is 5.84 Å². The summed E-state index contributed by atoms with van der Waals surface area (Å²) in [5.74, 6) is 5.72. The molecular weight excluding hydrogens is 246 g/mol. The smallest absolute Gasteiger partial charge is 0.0419 e. The lowest BCUT2D eigenvalue weighted by atomic mass is 9.93. The van der Waals surface area contributed by atoms with E-state index in [2.05, 4.69) is 43.3 Å². The Bertz CT molecular complexity index is 541. The maximum atomic E-state index is 5.72. The Balaban J connectivity index is 2.15. The van der Waals surface area contributed by atoms with Gasteiger partial charge in [-0.05, 0) is 56.0 Å². The summed E-state index contributed by atoms with van der Waals surface area (Å²) in [7, 11) is 0. The number of rotatable bonds is 5. The van der Waals surface area contributed by atoms with Gasteiger partial charge < -0.3 is 0 Å². The molecule has 1 atom stereocenters. The van der Waals surface area contributed by atoms with Gasteiger partial charge in [0.25, 0.3) is 0 Å². The van der Waals surface area contributed by atoms with Gasteiger partial charge in [-0.3, -0.25) is 16.3 Å². The Labute approximate surface area is 121 Å². The summed E-state index contributed by atoms with van der Waals surface area (Å²) in [6.45, 7) is 6.48. The van der Waals surface area contributed by atoms with Gasteiger partial charge in [-0.15, -0.1) is 0 Å². The Morgan fingerprint density at radius 3 is 2.35 bits per heavy atom. The van der Waals surface area contributed by atoms with E-state index in [1.165, 1.54) is 22.3 Å². The van der Waals surface area contributed by atoms with Gasteiger partial charge in [-0.1, -0.05) is 23.8 Å².